The van der Waals surface area contributed by atoms with E-state index in [1.807, 2.05) is 0 Å². The molecule has 1 rings (SSSR count). The number of nitrogen functional groups attached to an aromatic ring is 1. The minimum atomic E-state index is -0.538. The number of amides is 1. The molecule has 1 aromatic carbocycles. The lowest BCUT2D eigenvalue weighted by atomic mass is 10.1. The lowest BCUT2D eigenvalue weighted by Crippen LogP contribution is -2.32. The molecule has 0 spiro atoms. The van der Waals surface area contributed by atoms with Crippen molar-refractivity contribution < 1.29 is 14.3 Å². The summed E-state index contributed by atoms with van der Waals surface area (Å²) in [6, 6.07) is 4.23. The molecule has 6 heteroatoms. The first kappa shape index (κ1) is 13.8. The number of benzene rings is 1. The Morgan fingerprint density at radius 3 is 2.67 bits per heavy atom. The van der Waals surface area contributed by atoms with Gasteiger partial charge < -0.3 is 21.5 Å². The standard InChI is InChI=1S/C12H17N3O3/c1-3-18-12(17)9-6-8(4-5-10(9)13)15-7(2)11(14)16/h4-7,15H,3,13H2,1-2H3,(H2,14,16). The van der Waals surface area contributed by atoms with Gasteiger partial charge in [0.25, 0.3) is 0 Å². The van der Waals surface area contributed by atoms with E-state index in [9.17, 15) is 9.59 Å². The molecular weight excluding hydrogens is 234 g/mol. The van der Waals surface area contributed by atoms with E-state index in [1.165, 1.54) is 6.07 Å². The number of ether oxygens (including phenoxy) is 1. The van der Waals surface area contributed by atoms with Crippen molar-refractivity contribution in [1.82, 2.24) is 0 Å². The molecule has 0 heterocycles. The van der Waals surface area contributed by atoms with Crippen molar-refractivity contribution in [1.29, 1.82) is 0 Å². The third kappa shape index (κ3) is 3.38. The van der Waals surface area contributed by atoms with Crippen LogP contribution in [0.4, 0.5) is 11.4 Å². The van der Waals surface area contributed by atoms with Gasteiger partial charge in [-0.2, -0.15) is 0 Å². The van der Waals surface area contributed by atoms with E-state index in [-0.39, 0.29) is 12.2 Å². The number of nitrogens with one attached hydrogen (secondary N) is 1. The highest BCUT2D eigenvalue weighted by Gasteiger charge is 2.13. The van der Waals surface area contributed by atoms with Crippen molar-refractivity contribution in [2.75, 3.05) is 17.7 Å². The largest absolute Gasteiger partial charge is 0.462 e. The van der Waals surface area contributed by atoms with Gasteiger partial charge in [0.1, 0.15) is 6.04 Å². The molecule has 18 heavy (non-hydrogen) atoms. The van der Waals surface area contributed by atoms with E-state index in [2.05, 4.69) is 5.32 Å². The summed E-state index contributed by atoms with van der Waals surface area (Å²) in [5.41, 5.74) is 12.0. The molecule has 5 N–H and O–H groups in total. The maximum Gasteiger partial charge on any atom is 0.340 e. The average molecular weight is 251 g/mol. The highest BCUT2D eigenvalue weighted by molar-refractivity contribution is 5.96. The fourth-order valence-corrected chi connectivity index (χ4v) is 1.35. The highest BCUT2D eigenvalue weighted by atomic mass is 16.5. The predicted octanol–water partition coefficient (Wildman–Crippen LogP) is 0.731. The van der Waals surface area contributed by atoms with E-state index in [0.29, 0.717) is 11.4 Å². The van der Waals surface area contributed by atoms with Gasteiger partial charge in [0, 0.05) is 11.4 Å². The second-order valence-electron chi connectivity index (χ2n) is 3.79. The van der Waals surface area contributed by atoms with E-state index < -0.39 is 17.9 Å². The Balaban J connectivity index is 2.93. The molecule has 0 radical (unpaired) electrons. The molecule has 0 fully saturated rings. The molecular formula is C12H17N3O3. The van der Waals surface area contributed by atoms with Crippen LogP contribution in [-0.2, 0) is 9.53 Å². The lowest BCUT2D eigenvalue weighted by Gasteiger charge is -2.13. The van der Waals surface area contributed by atoms with E-state index in [0.717, 1.165) is 0 Å². The number of primary amides is 1. The molecule has 1 amide bonds. The van der Waals surface area contributed by atoms with Crippen LogP contribution in [0.2, 0.25) is 0 Å². The molecule has 1 aromatic rings. The Morgan fingerprint density at radius 1 is 1.44 bits per heavy atom. The number of carbonyl (C=O) groups is 2. The SMILES string of the molecule is CCOC(=O)c1cc(NC(C)C(N)=O)ccc1N. The quantitative estimate of drug-likeness (QED) is 0.528. The number of nitrogens with two attached hydrogens (primary N) is 2. The fraction of sp³-hybridized carbons (Fsp3) is 0.333. The molecule has 98 valence electrons. The minimum absolute atomic E-state index is 0.263. The van der Waals surface area contributed by atoms with Crippen LogP contribution in [0.15, 0.2) is 18.2 Å². The molecule has 1 atom stereocenters. The number of carbonyl (C=O) groups excluding carboxylic acids is 2. The van der Waals surface area contributed by atoms with E-state index >= 15 is 0 Å². The van der Waals surface area contributed by atoms with Crippen LogP contribution in [0, 0.1) is 0 Å². The maximum atomic E-state index is 11.6. The Morgan fingerprint density at radius 2 is 2.11 bits per heavy atom. The predicted molar refractivity (Wildman–Crippen MR) is 69.1 cm³/mol. The highest BCUT2D eigenvalue weighted by Crippen LogP contribution is 2.19. The summed E-state index contributed by atoms with van der Waals surface area (Å²) < 4.78 is 4.88. The molecule has 0 aliphatic carbocycles. The number of esters is 1. The van der Waals surface area contributed by atoms with Crippen LogP contribution < -0.4 is 16.8 Å². The molecule has 6 nitrogen and oxygen atoms in total. The smallest absolute Gasteiger partial charge is 0.340 e. The van der Waals surface area contributed by atoms with Gasteiger partial charge in [0.15, 0.2) is 0 Å². The Kier molecular flexibility index (Phi) is 4.53. The van der Waals surface area contributed by atoms with Crippen LogP contribution in [0.5, 0.6) is 0 Å². The zero-order valence-corrected chi connectivity index (χ0v) is 10.4. The second-order valence-corrected chi connectivity index (χ2v) is 3.79. The van der Waals surface area contributed by atoms with Gasteiger partial charge in [-0.1, -0.05) is 0 Å². The van der Waals surface area contributed by atoms with Crippen molar-refractivity contribution in [3.8, 4) is 0 Å². The fourth-order valence-electron chi connectivity index (χ4n) is 1.35. The van der Waals surface area contributed by atoms with Gasteiger partial charge in [0.2, 0.25) is 5.91 Å². The number of rotatable bonds is 5. The normalized spacial score (nSPS) is 11.7. The summed E-state index contributed by atoms with van der Waals surface area (Å²) in [5, 5.41) is 2.87. The monoisotopic (exact) mass is 251 g/mol. The molecule has 0 saturated heterocycles. The Hall–Kier alpha value is -2.24. The molecule has 0 aliphatic rings. The minimum Gasteiger partial charge on any atom is -0.462 e. The van der Waals surface area contributed by atoms with Crippen LogP contribution in [0.1, 0.15) is 24.2 Å². The first-order valence-corrected chi connectivity index (χ1v) is 5.58. The van der Waals surface area contributed by atoms with Gasteiger partial charge in [-0.05, 0) is 32.0 Å². The maximum absolute atomic E-state index is 11.6. The lowest BCUT2D eigenvalue weighted by molar-refractivity contribution is -0.118. The van der Waals surface area contributed by atoms with Gasteiger partial charge >= 0.3 is 5.97 Å². The molecule has 1 unspecified atom stereocenters. The molecule has 0 saturated carbocycles. The van der Waals surface area contributed by atoms with Crippen molar-refractivity contribution >= 4 is 23.3 Å². The second kappa shape index (κ2) is 5.90. The van der Waals surface area contributed by atoms with Crippen molar-refractivity contribution in [2.24, 2.45) is 5.73 Å². The third-order valence-corrected chi connectivity index (χ3v) is 2.36. The van der Waals surface area contributed by atoms with Gasteiger partial charge in [-0.15, -0.1) is 0 Å². The molecule has 0 bridgehead atoms. The third-order valence-electron chi connectivity index (χ3n) is 2.36. The number of hydrogen-bond acceptors (Lipinski definition) is 5. The van der Waals surface area contributed by atoms with E-state index in [1.54, 1.807) is 26.0 Å². The van der Waals surface area contributed by atoms with Crippen molar-refractivity contribution in [3.05, 3.63) is 23.8 Å². The summed E-state index contributed by atoms with van der Waals surface area (Å²) in [6.07, 6.45) is 0. The molecule has 0 aliphatic heterocycles. The summed E-state index contributed by atoms with van der Waals surface area (Å²) in [5.74, 6) is -0.977. The summed E-state index contributed by atoms with van der Waals surface area (Å²) in [6.45, 7) is 3.61. The zero-order chi connectivity index (χ0) is 13.7. The summed E-state index contributed by atoms with van der Waals surface area (Å²) >= 11 is 0. The van der Waals surface area contributed by atoms with Crippen LogP contribution in [0.25, 0.3) is 0 Å². The molecule has 0 aromatic heterocycles. The van der Waals surface area contributed by atoms with Crippen LogP contribution in [0.3, 0.4) is 0 Å². The Bertz CT molecular complexity index is 460. The average Bonchev–Trinajstić information content (AvgIpc) is 2.31. The summed E-state index contributed by atoms with van der Waals surface area (Å²) in [4.78, 5) is 22.6. The zero-order valence-electron chi connectivity index (χ0n) is 10.4. The van der Waals surface area contributed by atoms with Crippen LogP contribution in [-0.4, -0.2) is 24.5 Å². The first-order valence-electron chi connectivity index (χ1n) is 5.58. The van der Waals surface area contributed by atoms with Crippen LogP contribution >= 0.6 is 0 Å². The van der Waals surface area contributed by atoms with Gasteiger partial charge in [-0.25, -0.2) is 4.79 Å². The topological polar surface area (TPSA) is 107 Å². The van der Waals surface area contributed by atoms with Gasteiger partial charge in [0.05, 0.1) is 12.2 Å². The first-order chi connectivity index (χ1) is 8.45. The van der Waals surface area contributed by atoms with Gasteiger partial charge in [-0.3, -0.25) is 4.79 Å². The number of hydrogen-bond donors (Lipinski definition) is 3. The van der Waals surface area contributed by atoms with E-state index in [4.69, 9.17) is 16.2 Å². The Labute approximate surface area is 105 Å². The number of anilines is 2. The summed E-state index contributed by atoms with van der Waals surface area (Å²) in [7, 11) is 0. The van der Waals surface area contributed by atoms with Crippen molar-refractivity contribution in [2.45, 2.75) is 19.9 Å². The van der Waals surface area contributed by atoms with Crippen molar-refractivity contribution in [3.63, 3.8) is 0 Å².